The highest BCUT2D eigenvalue weighted by atomic mass is 16.2. The molecule has 0 saturated heterocycles. The van der Waals surface area contributed by atoms with Gasteiger partial charge in [-0.3, -0.25) is 14.3 Å². The van der Waals surface area contributed by atoms with Crippen LogP contribution < -0.4 is 10.9 Å². The minimum Gasteiger partial charge on any atom is -0.316 e. The van der Waals surface area contributed by atoms with Crippen LogP contribution in [0.4, 0.5) is 5.69 Å². The summed E-state index contributed by atoms with van der Waals surface area (Å²) in [6.45, 7) is 1.83. The zero-order valence-electron chi connectivity index (χ0n) is 17.0. The normalized spacial score (nSPS) is 10.7. The number of hydrogen-bond acceptors (Lipinski definition) is 2. The predicted molar refractivity (Wildman–Crippen MR) is 119 cm³/mol. The fourth-order valence-electron chi connectivity index (χ4n) is 3.60. The zero-order chi connectivity index (χ0) is 21.1. The van der Waals surface area contributed by atoms with Gasteiger partial charge in [-0.25, -0.2) is 4.68 Å². The van der Waals surface area contributed by atoms with Gasteiger partial charge in [-0.2, -0.15) is 0 Å². The van der Waals surface area contributed by atoms with Crippen molar-refractivity contribution >= 4 is 11.6 Å². The number of rotatable bonds is 5. The van der Waals surface area contributed by atoms with E-state index in [9.17, 15) is 9.59 Å². The van der Waals surface area contributed by atoms with Crippen molar-refractivity contribution in [3.05, 3.63) is 118 Å². The van der Waals surface area contributed by atoms with Crippen LogP contribution in [0.3, 0.4) is 0 Å². The van der Waals surface area contributed by atoms with Gasteiger partial charge in [0.1, 0.15) is 5.69 Å². The summed E-state index contributed by atoms with van der Waals surface area (Å²) in [4.78, 5) is 26.2. The number of nitrogens with one attached hydrogen (secondary N) is 1. The fraction of sp³-hybridized carbons (Fsp3) is 0.120. The van der Waals surface area contributed by atoms with Crippen LogP contribution in [0.5, 0.6) is 0 Å². The Balaban J connectivity index is 1.67. The molecule has 5 nitrogen and oxygen atoms in total. The quantitative estimate of drug-likeness (QED) is 0.545. The highest BCUT2D eigenvalue weighted by molar-refractivity contribution is 6.05. The Kier molecular flexibility index (Phi) is 5.35. The summed E-state index contributed by atoms with van der Waals surface area (Å²) in [5.41, 5.74) is 4.08. The number of anilines is 1. The first-order valence-electron chi connectivity index (χ1n) is 9.83. The monoisotopic (exact) mass is 397 g/mol. The van der Waals surface area contributed by atoms with Gasteiger partial charge in [0, 0.05) is 12.6 Å². The largest absolute Gasteiger partial charge is 0.316 e. The SMILES string of the molecule is Cc1c(NC(=O)c2ccccc2Cc2ccccc2)c(=O)n(-c2ccccc2)n1C. The van der Waals surface area contributed by atoms with Gasteiger partial charge in [0.2, 0.25) is 0 Å². The standard InChI is InChI=1S/C25H23N3O2/c1-18-23(25(30)28(27(18)2)21-14-7-4-8-15-21)26-24(29)22-16-10-9-13-20(22)17-19-11-5-3-6-12-19/h3-16H,17H2,1-2H3,(H,26,29). The van der Waals surface area contributed by atoms with Gasteiger partial charge >= 0.3 is 0 Å². The molecule has 4 rings (SSSR count). The van der Waals surface area contributed by atoms with E-state index in [0.717, 1.165) is 16.8 Å². The lowest BCUT2D eigenvalue weighted by molar-refractivity contribution is 0.102. The van der Waals surface area contributed by atoms with E-state index in [1.165, 1.54) is 0 Å². The molecular formula is C25H23N3O2. The molecule has 0 aliphatic carbocycles. The zero-order valence-corrected chi connectivity index (χ0v) is 17.0. The Morgan fingerprint density at radius 2 is 1.47 bits per heavy atom. The summed E-state index contributed by atoms with van der Waals surface area (Å²) in [7, 11) is 1.81. The molecule has 3 aromatic carbocycles. The van der Waals surface area contributed by atoms with Crippen molar-refractivity contribution < 1.29 is 4.79 Å². The molecule has 1 N–H and O–H groups in total. The maximum Gasteiger partial charge on any atom is 0.295 e. The smallest absolute Gasteiger partial charge is 0.295 e. The van der Waals surface area contributed by atoms with Gasteiger partial charge in [-0.05, 0) is 42.7 Å². The molecule has 0 unspecified atom stereocenters. The van der Waals surface area contributed by atoms with E-state index in [0.29, 0.717) is 23.4 Å². The molecule has 0 spiro atoms. The molecule has 30 heavy (non-hydrogen) atoms. The lowest BCUT2D eigenvalue weighted by atomic mass is 9.99. The summed E-state index contributed by atoms with van der Waals surface area (Å²) in [5, 5.41) is 2.86. The molecular weight excluding hydrogens is 374 g/mol. The van der Waals surface area contributed by atoms with Gasteiger partial charge in [0.25, 0.3) is 11.5 Å². The van der Waals surface area contributed by atoms with Gasteiger partial charge in [0.05, 0.1) is 11.4 Å². The Hall–Kier alpha value is -3.86. The van der Waals surface area contributed by atoms with Crippen LogP contribution in [-0.4, -0.2) is 15.3 Å². The van der Waals surface area contributed by atoms with Crippen molar-refractivity contribution in [2.75, 3.05) is 5.32 Å². The molecule has 0 fully saturated rings. The molecule has 0 radical (unpaired) electrons. The predicted octanol–water partition coefficient (Wildman–Crippen LogP) is 4.33. The second-order valence-electron chi connectivity index (χ2n) is 7.21. The molecule has 150 valence electrons. The second-order valence-corrected chi connectivity index (χ2v) is 7.21. The molecule has 1 heterocycles. The van der Waals surface area contributed by atoms with Gasteiger partial charge in [-0.1, -0.05) is 66.7 Å². The maximum atomic E-state index is 13.1. The van der Waals surface area contributed by atoms with E-state index in [-0.39, 0.29) is 11.5 Å². The van der Waals surface area contributed by atoms with Crippen LogP contribution >= 0.6 is 0 Å². The van der Waals surface area contributed by atoms with Crippen molar-refractivity contribution in [1.29, 1.82) is 0 Å². The highest BCUT2D eigenvalue weighted by Gasteiger charge is 2.20. The number of nitrogens with zero attached hydrogens (tertiary/aromatic N) is 2. The molecule has 0 saturated carbocycles. The molecule has 0 bridgehead atoms. The topological polar surface area (TPSA) is 56.0 Å². The number of hydrogen-bond donors (Lipinski definition) is 1. The van der Waals surface area contributed by atoms with E-state index in [4.69, 9.17) is 0 Å². The van der Waals surface area contributed by atoms with Gasteiger partial charge in [-0.15, -0.1) is 0 Å². The Bertz CT molecular complexity index is 1240. The number of para-hydroxylation sites is 1. The first kappa shape index (κ1) is 19.5. The third kappa shape index (κ3) is 3.70. The number of carbonyl (C=O) groups is 1. The minimum absolute atomic E-state index is 0.255. The van der Waals surface area contributed by atoms with Crippen molar-refractivity contribution in [3.8, 4) is 5.69 Å². The van der Waals surface area contributed by atoms with Crippen molar-refractivity contribution in [3.63, 3.8) is 0 Å². The second kappa shape index (κ2) is 8.25. The van der Waals surface area contributed by atoms with E-state index >= 15 is 0 Å². The summed E-state index contributed by atoms with van der Waals surface area (Å²) in [6.07, 6.45) is 0.645. The number of amides is 1. The van der Waals surface area contributed by atoms with Crippen LogP contribution in [0.1, 0.15) is 27.2 Å². The van der Waals surface area contributed by atoms with Crippen molar-refractivity contribution in [1.82, 2.24) is 9.36 Å². The van der Waals surface area contributed by atoms with E-state index in [1.54, 1.807) is 15.4 Å². The van der Waals surface area contributed by atoms with E-state index in [1.807, 2.05) is 92.8 Å². The number of carbonyl (C=O) groups excluding carboxylic acids is 1. The Morgan fingerprint density at radius 3 is 2.17 bits per heavy atom. The molecule has 0 aliphatic heterocycles. The lowest BCUT2D eigenvalue weighted by Crippen LogP contribution is -2.23. The minimum atomic E-state index is -0.285. The van der Waals surface area contributed by atoms with Gasteiger partial charge < -0.3 is 5.32 Å². The van der Waals surface area contributed by atoms with Crippen LogP contribution in [0.15, 0.2) is 89.7 Å². The molecule has 5 heteroatoms. The average molecular weight is 397 g/mol. The van der Waals surface area contributed by atoms with Gasteiger partial charge in [0.15, 0.2) is 0 Å². The summed E-state index contributed by atoms with van der Waals surface area (Å²) in [6, 6.07) is 26.9. The molecule has 1 amide bonds. The summed E-state index contributed by atoms with van der Waals surface area (Å²) >= 11 is 0. The first-order chi connectivity index (χ1) is 14.6. The van der Waals surface area contributed by atoms with E-state index in [2.05, 4.69) is 5.32 Å². The third-order valence-corrected chi connectivity index (χ3v) is 5.29. The van der Waals surface area contributed by atoms with Crippen molar-refractivity contribution in [2.24, 2.45) is 7.05 Å². The third-order valence-electron chi connectivity index (χ3n) is 5.29. The highest BCUT2D eigenvalue weighted by Crippen LogP contribution is 2.18. The number of benzene rings is 3. The molecule has 0 aliphatic rings. The Labute approximate surface area is 175 Å². The fourth-order valence-corrected chi connectivity index (χ4v) is 3.60. The molecule has 1 aromatic heterocycles. The van der Waals surface area contributed by atoms with Crippen LogP contribution in [0, 0.1) is 6.92 Å². The van der Waals surface area contributed by atoms with Crippen LogP contribution in [0.25, 0.3) is 5.69 Å². The van der Waals surface area contributed by atoms with Crippen LogP contribution in [0.2, 0.25) is 0 Å². The lowest BCUT2D eigenvalue weighted by Gasteiger charge is -2.10. The van der Waals surface area contributed by atoms with Crippen LogP contribution in [-0.2, 0) is 13.5 Å². The molecule has 4 aromatic rings. The van der Waals surface area contributed by atoms with E-state index < -0.39 is 0 Å². The number of aromatic nitrogens is 2. The summed E-state index contributed by atoms with van der Waals surface area (Å²) in [5.74, 6) is -0.285. The molecule has 0 atom stereocenters. The first-order valence-corrected chi connectivity index (χ1v) is 9.83. The Morgan fingerprint density at radius 1 is 0.867 bits per heavy atom. The average Bonchev–Trinajstić information content (AvgIpc) is 2.98. The maximum absolute atomic E-state index is 13.1. The van der Waals surface area contributed by atoms with Crippen molar-refractivity contribution in [2.45, 2.75) is 13.3 Å². The summed E-state index contributed by atoms with van der Waals surface area (Å²) < 4.78 is 3.31.